The van der Waals surface area contributed by atoms with Crippen molar-refractivity contribution in [3.05, 3.63) is 24.3 Å². The molecule has 0 amide bonds. The van der Waals surface area contributed by atoms with Gasteiger partial charge in [-0.1, -0.05) is 6.92 Å². The highest BCUT2D eigenvalue weighted by atomic mass is 32.2. The van der Waals surface area contributed by atoms with Crippen molar-refractivity contribution < 1.29 is 8.42 Å². The monoisotopic (exact) mass is 283 g/mol. The average molecular weight is 283 g/mol. The van der Waals surface area contributed by atoms with E-state index in [0.717, 1.165) is 25.3 Å². The minimum Gasteiger partial charge on any atom is -0.369 e. The van der Waals surface area contributed by atoms with Gasteiger partial charge in [-0.15, -0.1) is 0 Å². The predicted molar refractivity (Wildman–Crippen MR) is 77.0 cm³/mol. The van der Waals surface area contributed by atoms with Gasteiger partial charge in [0.1, 0.15) is 0 Å². The summed E-state index contributed by atoms with van der Waals surface area (Å²) in [4.78, 5) is 2.59. The summed E-state index contributed by atoms with van der Waals surface area (Å²) < 4.78 is 26.2. The highest BCUT2D eigenvalue weighted by molar-refractivity contribution is 7.89. The van der Waals surface area contributed by atoms with E-state index in [-0.39, 0.29) is 0 Å². The summed E-state index contributed by atoms with van der Waals surface area (Å²) in [6, 6.07) is 7.55. The first kappa shape index (κ1) is 14.3. The van der Waals surface area contributed by atoms with Gasteiger partial charge in [-0.3, -0.25) is 0 Å². The van der Waals surface area contributed by atoms with Crippen molar-refractivity contribution in [2.75, 3.05) is 31.1 Å². The number of benzene rings is 1. The zero-order chi connectivity index (χ0) is 13.9. The van der Waals surface area contributed by atoms with E-state index in [4.69, 9.17) is 0 Å². The molecule has 0 bridgehead atoms. The Morgan fingerprint density at radius 2 is 2.05 bits per heavy atom. The lowest BCUT2D eigenvalue weighted by molar-refractivity contribution is 0.485. The highest BCUT2D eigenvalue weighted by Crippen LogP contribution is 2.19. The molecule has 19 heavy (non-hydrogen) atoms. The molecule has 1 aromatic rings. The van der Waals surface area contributed by atoms with E-state index in [9.17, 15) is 8.42 Å². The Hall–Kier alpha value is -1.11. The molecule has 1 aromatic carbocycles. The summed E-state index contributed by atoms with van der Waals surface area (Å²) in [6.45, 7) is 7.17. The normalized spacial score (nSPS) is 20.5. The smallest absolute Gasteiger partial charge is 0.240 e. The number of sulfonamides is 1. The fourth-order valence-corrected chi connectivity index (χ4v) is 3.32. The molecule has 1 saturated heterocycles. The third-order valence-corrected chi connectivity index (χ3v) is 4.78. The molecule has 0 spiro atoms. The van der Waals surface area contributed by atoms with Gasteiger partial charge in [0.25, 0.3) is 0 Å². The highest BCUT2D eigenvalue weighted by Gasteiger charge is 2.17. The summed E-state index contributed by atoms with van der Waals surface area (Å²) >= 11 is 0. The fraction of sp³-hybridized carbons (Fsp3) is 0.538. The Kier molecular flexibility index (Phi) is 4.44. The molecule has 0 saturated carbocycles. The van der Waals surface area contributed by atoms with E-state index in [1.807, 2.05) is 12.1 Å². The lowest BCUT2D eigenvalue weighted by atomic mass is 10.2. The molecule has 1 fully saturated rings. The second-order valence-electron chi connectivity index (χ2n) is 4.80. The Bertz CT molecular complexity index is 513. The van der Waals surface area contributed by atoms with Crippen molar-refractivity contribution in [2.45, 2.75) is 24.8 Å². The molecule has 0 aromatic heterocycles. The number of nitrogens with zero attached hydrogens (tertiary/aromatic N) is 1. The Labute approximate surface area is 115 Å². The van der Waals surface area contributed by atoms with Crippen LogP contribution in [0.25, 0.3) is 0 Å². The van der Waals surface area contributed by atoms with Crippen LogP contribution < -0.4 is 14.9 Å². The predicted octanol–water partition coefficient (Wildman–Crippen LogP) is 0.783. The van der Waals surface area contributed by atoms with Crippen LogP contribution in [0.3, 0.4) is 0 Å². The molecule has 5 nitrogen and oxygen atoms in total. The second-order valence-corrected chi connectivity index (χ2v) is 6.56. The van der Waals surface area contributed by atoms with Crippen LogP contribution in [0, 0.1) is 0 Å². The van der Waals surface area contributed by atoms with Gasteiger partial charge in [0.05, 0.1) is 4.90 Å². The van der Waals surface area contributed by atoms with E-state index in [1.54, 1.807) is 19.1 Å². The first-order valence-electron chi connectivity index (χ1n) is 6.61. The van der Waals surface area contributed by atoms with E-state index in [1.165, 1.54) is 0 Å². The third kappa shape index (κ3) is 3.46. The number of hydrogen-bond acceptors (Lipinski definition) is 4. The maximum Gasteiger partial charge on any atom is 0.240 e. The molecule has 0 unspecified atom stereocenters. The molecule has 0 aliphatic carbocycles. The van der Waals surface area contributed by atoms with Crippen LogP contribution in [0.5, 0.6) is 0 Å². The van der Waals surface area contributed by atoms with Crippen LogP contribution in [0.15, 0.2) is 29.2 Å². The number of nitrogens with one attached hydrogen (secondary N) is 2. The van der Waals surface area contributed by atoms with Gasteiger partial charge in [-0.25, -0.2) is 13.1 Å². The van der Waals surface area contributed by atoms with Gasteiger partial charge in [0.2, 0.25) is 10.0 Å². The topological polar surface area (TPSA) is 61.4 Å². The van der Waals surface area contributed by atoms with Crippen molar-refractivity contribution >= 4 is 15.7 Å². The molecule has 1 atom stereocenters. The van der Waals surface area contributed by atoms with Gasteiger partial charge in [0.15, 0.2) is 0 Å². The van der Waals surface area contributed by atoms with Gasteiger partial charge >= 0.3 is 0 Å². The zero-order valence-corrected chi connectivity index (χ0v) is 12.2. The number of rotatable bonds is 4. The zero-order valence-electron chi connectivity index (χ0n) is 11.4. The number of hydrogen-bond donors (Lipinski definition) is 2. The van der Waals surface area contributed by atoms with Crippen LogP contribution >= 0.6 is 0 Å². The minimum absolute atomic E-state index is 0.321. The Morgan fingerprint density at radius 3 is 2.63 bits per heavy atom. The number of piperazine rings is 1. The van der Waals surface area contributed by atoms with Gasteiger partial charge < -0.3 is 10.2 Å². The Morgan fingerprint density at radius 1 is 1.37 bits per heavy atom. The van der Waals surface area contributed by atoms with Crippen molar-refractivity contribution in [2.24, 2.45) is 0 Å². The minimum atomic E-state index is -3.35. The van der Waals surface area contributed by atoms with Gasteiger partial charge in [-0.2, -0.15) is 0 Å². The van der Waals surface area contributed by atoms with E-state index >= 15 is 0 Å². The lowest BCUT2D eigenvalue weighted by Gasteiger charge is -2.33. The maximum absolute atomic E-state index is 11.8. The summed E-state index contributed by atoms with van der Waals surface area (Å²) in [5.74, 6) is 0. The van der Waals surface area contributed by atoms with Crippen LogP contribution in [0.1, 0.15) is 13.8 Å². The van der Waals surface area contributed by atoms with Crippen molar-refractivity contribution in [3.8, 4) is 0 Å². The van der Waals surface area contributed by atoms with Crippen LogP contribution in [0.4, 0.5) is 5.69 Å². The SMILES string of the molecule is CCNS(=O)(=O)c1ccc(N2CCN[C@H](C)C2)cc1. The molecular weight excluding hydrogens is 262 g/mol. The molecule has 1 heterocycles. The van der Waals surface area contributed by atoms with Gasteiger partial charge in [-0.05, 0) is 31.2 Å². The summed E-state index contributed by atoms with van der Waals surface area (Å²) in [5, 5.41) is 3.39. The summed E-state index contributed by atoms with van der Waals surface area (Å²) in [7, 11) is -3.35. The Balaban J connectivity index is 2.14. The van der Waals surface area contributed by atoms with Crippen molar-refractivity contribution in [1.82, 2.24) is 10.0 Å². The maximum atomic E-state index is 11.8. The first-order chi connectivity index (χ1) is 9.03. The molecule has 106 valence electrons. The molecule has 6 heteroatoms. The standard InChI is InChI=1S/C13H21N3O2S/c1-3-15-19(17,18)13-6-4-12(5-7-13)16-9-8-14-11(2)10-16/h4-7,11,14-15H,3,8-10H2,1-2H3/t11-/m1/s1. The van der Waals surface area contributed by atoms with Crippen LogP contribution in [0.2, 0.25) is 0 Å². The van der Waals surface area contributed by atoms with E-state index in [0.29, 0.717) is 17.5 Å². The molecule has 2 rings (SSSR count). The summed E-state index contributed by atoms with van der Waals surface area (Å²) in [6.07, 6.45) is 0. The van der Waals surface area contributed by atoms with E-state index < -0.39 is 10.0 Å². The lowest BCUT2D eigenvalue weighted by Crippen LogP contribution is -2.49. The number of anilines is 1. The largest absolute Gasteiger partial charge is 0.369 e. The van der Waals surface area contributed by atoms with Crippen LogP contribution in [-0.4, -0.2) is 40.6 Å². The molecule has 0 radical (unpaired) electrons. The molecular formula is C13H21N3O2S. The summed E-state index contributed by atoms with van der Waals surface area (Å²) in [5.41, 5.74) is 1.07. The quantitative estimate of drug-likeness (QED) is 0.857. The molecule has 2 N–H and O–H groups in total. The van der Waals surface area contributed by atoms with Crippen molar-refractivity contribution in [1.29, 1.82) is 0 Å². The van der Waals surface area contributed by atoms with E-state index in [2.05, 4.69) is 21.9 Å². The van der Waals surface area contributed by atoms with Gasteiger partial charge in [0, 0.05) is 37.9 Å². The third-order valence-electron chi connectivity index (χ3n) is 3.22. The fourth-order valence-electron chi connectivity index (χ4n) is 2.28. The molecule has 1 aliphatic heterocycles. The first-order valence-corrected chi connectivity index (χ1v) is 8.09. The second kappa shape index (κ2) is 5.90. The molecule has 1 aliphatic rings. The van der Waals surface area contributed by atoms with Crippen LogP contribution in [-0.2, 0) is 10.0 Å². The van der Waals surface area contributed by atoms with Crippen molar-refractivity contribution in [3.63, 3.8) is 0 Å². The average Bonchev–Trinajstić information content (AvgIpc) is 2.39.